The van der Waals surface area contributed by atoms with Crippen LogP contribution < -0.4 is 5.32 Å². The summed E-state index contributed by atoms with van der Waals surface area (Å²) in [7, 11) is 1.71. The van der Waals surface area contributed by atoms with Crippen LogP contribution in [0.25, 0.3) is 0 Å². The monoisotopic (exact) mass is 329 g/mol. The number of piperidine rings is 1. The first-order valence-corrected chi connectivity index (χ1v) is 8.79. The SMILES string of the molecule is CCc1cc(C#N)ccc1NC(=O)N1CCCC[C@H]1CCCOC. The summed E-state index contributed by atoms with van der Waals surface area (Å²) < 4.78 is 5.13. The zero-order chi connectivity index (χ0) is 17.4. The first-order chi connectivity index (χ1) is 11.7. The molecule has 0 saturated carbocycles. The third kappa shape index (κ3) is 4.72. The van der Waals surface area contributed by atoms with Gasteiger partial charge in [0.15, 0.2) is 0 Å². The first-order valence-electron chi connectivity index (χ1n) is 8.79. The van der Waals surface area contributed by atoms with Gasteiger partial charge in [-0.05, 0) is 62.3 Å². The van der Waals surface area contributed by atoms with Crippen molar-refractivity contribution < 1.29 is 9.53 Å². The molecule has 1 saturated heterocycles. The predicted molar refractivity (Wildman–Crippen MR) is 95.0 cm³/mol. The Hall–Kier alpha value is -2.06. The van der Waals surface area contributed by atoms with Gasteiger partial charge in [0, 0.05) is 32.0 Å². The topological polar surface area (TPSA) is 65.4 Å². The lowest BCUT2D eigenvalue weighted by Gasteiger charge is -2.36. The number of anilines is 1. The molecule has 2 rings (SSSR count). The van der Waals surface area contributed by atoms with Crippen LogP contribution >= 0.6 is 0 Å². The molecule has 1 aromatic carbocycles. The summed E-state index contributed by atoms with van der Waals surface area (Å²) in [5, 5.41) is 12.1. The summed E-state index contributed by atoms with van der Waals surface area (Å²) in [6.45, 7) is 3.57. The van der Waals surface area contributed by atoms with Gasteiger partial charge < -0.3 is 15.0 Å². The van der Waals surface area contributed by atoms with E-state index in [1.165, 1.54) is 6.42 Å². The predicted octanol–water partition coefficient (Wildman–Crippen LogP) is 3.93. The number of nitrogens with one attached hydrogen (secondary N) is 1. The quantitative estimate of drug-likeness (QED) is 0.804. The number of rotatable bonds is 6. The Labute approximate surface area is 144 Å². The fraction of sp³-hybridized carbons (Fsp3) is 0.579. The second kappa shape index (κ2) is 9.29. The molecule has 1 fully saturated rings. The summed E-state index contributed by atoms with van der Waals surface area (Å²) in [6, 6.07) is 7.84. The second-order valence-corrected chi connectivity index (χ2v) is 6.25. The Balaban J connectivity index is 2.05. The molecule has 0 aliphatic carbocycles. The first kappa shape index (κ1) is 18.3. The molecule has 5 nitrogen and oxygen atoms in total. The Morgan fingerprint density at radius 2 is 2.29 bits per heavy atom. The van der Waals surface area contributed by atoms with E-state index in [-0.39, 0.29) is 12.1 Å². The lowest BCUT2D eigenvalue weighted by Crippen LogP contribution is -2.46. The molecule has 2 amide bonds. The van der Waals surface area contributed by atoms with Crippen LogP contribution in [0.15, 0.2) is 18.2 Å². The van der Waals surface area contributed by atoms with E-state index in [4.69, 9.17) is 10.00 Å². The smallest absolute Gasteiger partial charge is 0.322 e. The molecule has 1 heterocycles. The summed E-state index contributed by atoms with van der Waals surface area (Å²) in [5.74, 6) is 0. The van der Waals surface area contributed by atoms with Crippen LogP contribution in [0.2, 0.25) is 0 Å². The molecule has 1 atom stereocenters. The molecule has 130 valence electrons. The van der Waals surface area contributed by atoms with E-state index in [1.807, 2.05) is 24.0 Å². The van der Waals surface area contributed by atoms with Crippen LogP contribution in [0.5, 0.6) is 0 Å². The zero-order valence-corrected chi connectivity index (χ0v) is 14.7. The van der Waals surface area contributed by atoms with Gasteiger partial charge in [-0.1, -0.05) is 6.92 Å². The van der Waals surface area contributed by atoms with E-state index < -0.39 is 0 Å². The number of carbonyl (C=O) groups is 1. The molecule has 1 aliphatic rings. The van der Waals surface area contributed by atoms with Gasteiger partial charge in [0.25, 0.3) is 0 Å². The average Bonchev–Trinajstić information content (AvgIpc) is 2.62. The molecule has 0 unspecified atom stereocenters. The largest absolute Gasteiger partial charge is 0.385 e. The number of urea groups is 1. The maximum Gasteiger partial charge on any atom is 0.322 e. The van der Waals surface area contributed by atoms with Crippen molar-refractivity contribution in [2.24, 2.45) is 0 Å². The maximum absolute atomic E-state index is 12.8. The van der Waals surface area contributed by atoms with Gasteiger partial charge in [-0.3, -0.25) is 0 Å². The molecule has 0 spiro atoms. The third-order valence-electron chi connectivity index (χ3n) is 4.63. The summed E-state index contributed by atoms with van der Waals surface area (Å²) in [4.78, 5) is 14.7. The van der Waals surface area contributed by atoms with Gasteiger partial charge in [0.2, 0.25) is 0 Å². The molecule has 1 N–H and O–H groups in total. The molecule has 5 heteroatoms. The van der Waals surface area contributed by atoms with Crippen LogP contribution in [-0.2, 0) is 11.2 Å². The highest BCUT2D eigenvalue weighted by Gasteiger charge is 2.26. The van der Waals surface area contributed by atoms with Gasteiger partial charge in [0.1, 0.15) is 0 Å². The van der Waals surface area contributed by atoms with Gasteiger partial charge in [-0.2, -0.15) is 5.26 Å². The summed E-state index contributed by atoms with van der Waals surface area (Å²) in [6.07, 6.45) is 6.03. The molecule has 0 bridgehead atoms. The number of nitrogens with zero attached hydrogens (tertiary/aromatic N) is 2. The van der Waals surface area contributed by atoms with Crippen LogP contribution in [-0.4, -0.2) is 37.2 Å². The van der Waals surface area contributed by atoms with Crippen LogP contribution in [0.1, 0.15) is 50.2 Å². The Kier molecular flexibility index (Phi) is 7.07. The minimum absolute atomic E-state index is 0.0310. The van der Waals surface area contributed by atoms with Crippen molar-refractivity contribution in [2.75, 3.05) is 25.6 Å². The summed E-state index contributed by atoms with van der Waals surface area (Å²) in [5.41, 5.74) is 2.43. The number of benzene rings is 1. The van der Waals surface area contributed by atoms with Crippen LogP contribution in [0.3, 0.4) is 0 Å². The molecular weight excluding hydrogens is 302 g/mol. The zero-order valence-electron chi connectivity index (χ0n) is 14.7. The number of methoxy groups -OCH3 is 1. The van der Waals surface area contributed by atoms with E-state index in [1.54, 1.807) is 13.2 Å². The standard InChI is InChI=1S/C19H27N3O2/c1-3-16-13-15(14-20)9-10-18(16)21-19(23)22-11-5-4-7-17(22)8-6-12-24-2/h9-10,13,17H,3-8,11-12H2,1-2H3,(H,21,23)/t17-/m0/s1. The molecule has 24 heavy (non-hydrogen) atoms. The molecule has 0 aromatic heterocycles. The molecule has 0 radical (unpaired) electrons. The second-order valence-electron chi connectivity index (χ2n) is 6.25. The molecule has 1 aromatic rings. The van der Waals surface area contributed by atoms with Crippen molar-refractivity contribution in [1.29, 1.82) is 5.26 Å². The number of ether oxygens (including phenoxy) is 1. The van der Waals surface area contributed by atoms with Crippen molar-refractivity contribution in [3.05, 3.63) is 29.3 Å². The highest BCUT2D eigenvalue weighted by atomic mass is 16.5. The summed E-state index contributed by atoms with van der Waals surface area (Å²) >= 11 is 0. The number of nitriles is 1. The number of amides is 2. The van der Waals surface area contributed by atoms with E-state index in [0.29, 0.717) is 5.56 Å². The molecular formula is C19H27N3O2. The third-order valence-corrected chi connectivity index (χ3v) is 4.63. The number of carbonyl (C=O) groups excluding carboxylic acids is 1. The maximum atomic E-state index is 12.8. The van der Waals surface area contributed by atoms with Crippen molar-refractivity contribution in [2.45, 2.75) is 51.5 Å². The fourth-order valence-corrected chi connectivity index (χ4v) is 3.30. The van der Waals surface area contributed by atoms with E-state index in [0.717, 1.165) is 56.5 Å². The Bertz CT molecular complexity index is 595. The number of aryl methyl sites for hydroxylation is 1. The van der Waals surface area contributed by atoms with Crippen molar-refractivity contribution in [3.8, 4) is 6.07 Å². The van der Waals surface area contributed by atoms with E-state index >= 15 is 0 Å². The fourth-order valence-electron chi connectivity index (χ4n) is 3.30. The van der Waals surface area contributed by atoms with Gasteiger partial charge in [-0.15, -0.1) is 0 Å². The lowest BCUT2D eigenvalue weighted by molar-refractivity contribution is 0.141. The van der Waals surface area contributed by atoms with Crippen molar-refractivity contribution >= 4 is 11.7 Å². The van der Waals surface area contributed by atoms with Crippen molar-refractivity contribution in [3.63, 3.8) is 0 Å². The number of hydrogen-bond acceptors (Lipinski definition) is 3. The number of hydrogen-bond donors (Lipinski definition) is 1. The van der Waals surface area contributed by atoms with Crippen LogP contribution in [0, 0.1) is 11.3 Å². The normalized spacial score (nSPS) is 17.4. The lowest BCUT2D eigenvalue weighted by atomic mass is 9.98. The van der Waals surface area contributed by atoms with Gasteiger partial charge >= 0.3 is 6.03 Å². The van der Waals surface area contributed by atoms with Gasteiger partial charge in [-0.25, -0.2) is 4.79 Å². The minimum atomic E-state index is -0.0310. The minimum Gasteiger partial charge on any atom is -0.385 e. The van der Waals surface area contributed by atoms with Gasteiger partial charge in [0.05, 0.1) is 11.6 Å². The highest BCUT2D eigenvalue weighted by Crippen LogP contribution is 2.24. The van der Waals surface area contributed by atoms with Crippen molar-refractivity contribution in [1.82, 2.24) is 4.90 Å². The molecule has 1 aliphatic heterocycles. The number of likely N-dealkylation sites (tertiary alicyclic amines) is 1. The highest BCUT2D eigenvalue weighted by molar-refractivity contribution is 5.90. The Morgan fingerprint density at radius 3 is 3.00 bits per heavy atom. The average molecular weight is 329 g/mol. The van der Waals surface area contributed by atoms with Crippen LogP contribution in [0.4, 0.5) is 10.5 Å². The van der Waals surface area contributed by atoms with E-state index in [2.05, 4.69) is 11.4 Å². The van der Waals surface area contributed by atoms with E-state index in [9.17, 15) is 4.79 Å². The Morgan fingerprint density at radius 1 is 1.46 bits per heavy atom.